The molecule has 2 rings (SSSR count). The van der Waals surface area contributed by atoms with Crippen LogP contribution in [0.1, 0.15) is 23.4 Å². The average Bonchev–Trinajstić information content (AvgIpc) is 2.92. The number of nitrogens with zero attached hydrogens (tertiary/aromatic N) is 1. The Kier molecular flexibility index (Phi) is 5.41. The van der Waals surface area contributed by atoms with E-state index >= 15 is 0 Å². The third-order valence-corrected chi connectivity index (χ3v) is 4.26. The Labute approximate surface area is 132 Å². The Hall–Kier alpha value is -1.79. The summed E-state index contributed by atoms with van der Waals surface area (Å²) >= 11 is 7.34. The van der Waals surface area contributed by atoms with Crippen molar-refractivity contribution in [1.29, 1.82) is 0 Å². The first kappa shape index (κ1) is 15.6. The van der Waals surface area contributed by atoms with Crippen LogP contribution in [0.4, 0.5) is 4.79 Å². The van der Waals surface area contributed by atoms with Gasteiger partial charge in [-0.1, -0.05) is 17.7 Å². The summed E-state index contributed by atoms with van der Waals surface area (Å²) in [6.07, 6.45) is 1.64. The zero-order chi connectivity index (χ0) is 15.2. The molecule has 2 aromatic rings. The van der Waals surface area contributed by atoms with Gasteiger partial charge in [-0.3, -0.25) is 0 Å². The van der Waals surface area contributed by atoms with Crippen molar-refractivity contribution in [3.8, 4) is 5.88 Å². The van der Waals surface area contributed by atoms with Crippen molar-refractivity contribution in [2.75, 3.05) is 7.11 Å². The third kappa shape index (κ3) is 4.34. The largest absolute Gasteiger partial charge is 0.481 e. The molecule has 21 heavy (non-hydrogen) atoms. The predicted octanol–water partition coefficient (Wildman–Crippen LogP) is 3.37. The summed E-state index contributed by atoms with van der Waals surface area (Å²) in [5.74, 6) is 0.510. The number of halogens is 1. The Morgan fingerprint density at radius 3 is 2.95 bits per heavy atom. The lowest BCUT2D eigenvalue weighted by atomic mass is 10.2. The molecule has 0 aliphatic heterocycles. The number of pyridine rings is 1. The number of aromatic nitrogens is 1. The molecular formula is C14H16ClN3O2S. The van der Waals surface area contributed by atoms with Crippen molar-refractivity contribution >= 4 is 29.0 Å². The topological polar surface area (TPSA) is 63.2 Å². The van der Waals surface area contributed by atoms with Gasteiger partial charge in [0.1, 0.15) is 0 Å². The summed E-state index contributed by atoms with van der Waals surface area (Å²) in [6, 6.07) is 7.03. The van der Waals surface area contributed by atoms with Gasteiger partial charge in [0.05, 0.1) is 17.5 Å². The van der Waals surface area contributed by atoms with E-state index in [1.807, 2.05) is 25.1 Å². The molecule has 2 N–H and O–H groups in total. The van der Waals surface area contributed by atoms with Crippen LogP contribution in [0, 0.1) is 0 Å². The van der Waals surface area contributed by atoms with E-state index in [9.17, 15) is 4.79 Å². The van der Waals surface area contributed by atoms with E-state index in [0.717, 1.165) is 10.4 Å². The van der Waals surface area contributed by atoms with Gasteiger partial charge < -0.3 is 15.4 Å². The van der Waals surface area contributed by atoms with Crippen molar-refractivity contribution in [2.24, 2.45) is 0 Å². The summed E-state index contributed by atoms with van der Waals surface area (Å²) in [5.41, 5.74) is 0.821. The SMILES string of the molecule is COc1ncccc1CNC(=O)N[C@@H](C)c1ccc(Cl)s1. The molecule has 2 heterocycles. The molecule has 2 amide bonds. The number of hydrogen-bond acceptors (Lipinski definition) is 4. The predicted molar refractivity (Wildman–Crippen MR) is 83.9 cm³/mol. The van der Waals surface area contributed by atoms with Crippen LogP contribution in [0.15, 0.2) is 30.5 Å². The second kappa shape index (κ2) is 7.28. The van der Waals surface area contributed by atoms with Crippen LogP contribution in [0.25, 0.3) is 0 Å². The molecule has 0 radical (unpaired) electrons. The van der Waals surface area contributed by atoms with Crippen LogP contribution < -0.4 is 15.4 Å². The fourth-order valence-corrected chi connectivity index (χ4v) is 2.86. The zero-order valence-corrected chi connectivity index (χ0v) is 13.3. The Bertz CT molecular complexity index is 618. The molecular weight excluding hydrogens is 310 g/mol. The lowest BCUT2D eigenvalue weighted by Crippen LogP contribution is -2.36. The molecule has 0 aromatic carbocycles. The highest BCUT2D eigenvalue weighted by atomic mass is 35.5. The van der Waals surface area contributed by atoms with Crippen molar-refractivity contribution in [3.63, 3.8) is 0 Å². The summed E-state index contributed by atoms with van der Waals surface area (Å²) in [6.45, 7) is 2.26. The molecule has 0 saturated heterocycles. The molecule has 0 unspecified atom stereocenters. The van der Waals surface area contributed by atoms with Gasteiger partial charge in [0.15, 0.2) is 0 Å². The maximum Gasteiger partial charge on any atom is 0.315 e. The molecule has 0 saturated carbocycles. The van der Waals surface area contributed by atoms with Crippen LogP contribution in [-0.2, 0) is 6.54 Å². The molecule has 0 fully saturated rings. The fourth-order valence-electron chi connectivity index (χ4n) is 1.80. The van der Waals surface area contributed by atoms with Crippen molar-refractivity contribution < 1.29 is 9.53 Å². The van der Waals surface area contributed by atoms with Crippen LogP contribution in [0.5, 0.6) is 5.88 Å². The Morgan fingerprint density at radius 2 is 2.29 bits per heavy atom. The fraction of sp³-hybridized carbons (Fsp3) is 0.286. The normalized spacial score (nSPS) is 11.8. The minimum atomic E-state index is -0.252. The minimum absolute atomic E-state index is 0.0988. The highest BCUT2D eigenvalue weighted by Gasteiger charge is 2.12. The first-order chi connectivity index (χ1) is 10.1. The number of carbonyl (C=O) groups is 1. The van der Waals surface area contributed by atoms with Crippen LogP contribution in [0.3, 0.4) is 0 Å². The number of hydrogen-bond donors (Lipinski definition) is 2. The van der Waals surface area contributed by atoms with Crippen LogP contribution >= 0.6 is 22.9 Å². The van der Waals surface area contributed by atoms with Gasteiger partial charge in [0.25, 0.3) is 0 Å². The number of thiophene rings is 1. The van der Waals surface area contributed by atoms with Crippen LogP contribution in [0.2, 0.25) is 4.34 Å². The lowest BCUT2D eigenvalue weighted by Gasteiger charge is -2.14. The van der Waals surface area contributed by atoms with Crippen LogP contribution in [-0.4, -0.2) is 18.1 Å². The average molecular weight is 326 g/mol. The number of nitrogens with one attached hydrogen (secondary N) is 2. The smallest absolute Gasteiger partial charge is 0.315 e. The van der Waals surface area contributed by atoms with Gasteiger partial charge in [-0.25, -0.2) is 9.78 Å². The molecule has 0 bridgehead atoms. The Morgan fingerprint density at radius 1 is 1.48 bits per heavy atom. The van der Waals surface area contributed by atoms with Gasteiger partial charge in [-0.05, 0) is 25.1 Å². The summed E-state index contributed by atoms with van der Waals surface area (Å²) in [7, 11) is 1.55. The molecule has 2 aromatic heterocycles. The van der Waals surface area contributed by atoms with E-state index in [4.69, 9.17) is 16.3 Å². The maximum atomic E-state index is 11.9. The van der Waals surface area contributed by atoms with E-state index in [-0.39, 0.29) is 12.1 Å². The third-order valence-electron chi connectivity index (χ3n) is 2.85. The number of ether oxygens (including phenoxy) is 1. The van der Waals surface area contributed by atoms with Gasteiger partial charge in [-0.15, -0.1) is 11.3 Å². The molecule has 0 aliphatic carbocycles. The summed E-state index contributed by atoms with van der Waals surface area (Å²) in [5, 5.41) is 5.64. The molecule has 112 valence electrons. The number of methoxy groups -OCH3 is 1. The van der Waals surface area contributed by atoms with E-state index in [1.54, 1.807) is 19.4 Å². The first-order valence-corrected chi connectivity index (χ1v) is 7.57. The van der Waals surface area contributed by atoms with Crippen molar-refractivity contribution in [1.82, 2.24) is 15.6 Å². The van der Waals surface area contributed by atoms with Gasteiger partial charge in [-0.2, -0.15) is 0 Å². The van der Waals surface area contributed by atoms with E-state index in [0.29, 0.717) is 16.8 Å². The summed E-state index contributed by atoms with van der Waals surface area (Å²) < 4.78 is 5.84. The quantitative estimate of drug-likeness (QED) is 0.886. The number of urea groups is 1. The summed E-state index contributed by atoms with van der Waals surface area (Å²) in [4.78, 5) is 17.0. The number of carbonyl (C=O) groups excluding carboxylic acids is 1. The van der Waals surface area contributed by atoms with Gasteiger partial charge in [0.2, 0.25) is 5.88 Å². The lowest BCUT2D eigenvalue weighted by molar-refractivity contribution is 0.237. The van der Waals surface area contributed by atoms with Gasteiger partial charge >= 0.3 is 6.03 Å². The number of rotatable bonds is 5. The maximum absolute atomic E-state index is 11.9. The van der Waals surface area contributed by atoms with Crippen molar-refractivity contribution in [3.05, 3.63) is 45.2 Å². The van der Waals surface area contributed by atoms with Gasteiger partial charge in [0, 0.05) is 23.2 Å². The second-order valence-corrected chi connectivity index (χ2v) is 6.11. The van der Waals surface area contributed by atoms with Crippen molar-refractivity contribution in [2.45, 2.75) is 19.5 Å². The molecule has 0 spiro atoms. The second-order valence-electron chi connectivity index (χ2n) is 4.36. The minimum Gasteiger partial charge on any atom is -0.481 e. The molecule has 0 aliphatic rings. The highest BCUT2D eigenvalue weighted by Crippen LogP contribution is 2.26. The molecule has 1 atom stereocenters. The zero-order valence-electron chi connectivity index (χ0n) is 11.7. The van der Waals surface area contributed by atoms with E-state index in [2.05, 4.69) is 15.6 Å². The van der Waals surface area contributed by atoms with E-state index < -0.39 is 0 Å². The molecule has 5 nitrogen and oxygen atoms in total. The standard InChI is InChI=1S/C14H16ClN3O2S/c1-9(11-5-6-12(15)21-11)18-14(19)17-8-10-4-3-7-16-13(10)20-2/h3-7,9H,8H2,1-2H3,(H2,17,18,19)/t9-/m0/s1. The monoisotopic (exact) mass is 325 g/mol. The first-order valence-electron chi connectivity index (χ1n) is 6.37. The number of amides is 2. The Balaban J connectivity index is 1.87. The highest BCUT2D eigenvalue weighted by molar-refractivity contribution is 7.16. The van der Waals surface area contributed by atoms with E-state index in [1.165, 1.54) is 11.3 Å². The molecule has 7 heteroatoms.